The highest BCUT2D eigenvalue weighted by atomic mass is 16.3. The highest BCUT2D eigenvalue weighted by Gasteiger charge is 2.35. The van der Waals surface area contributed by atoms with Gasteiger partial charge in [-0.25, -0.2) is 4.99 Å². The SMILES string of the molecule is CCCCCCCCCC/C=C/CCCCCCC1=NCC[N+]1(CC)CCO. The van der Waals surface area contributed by atoms with Gasteiger partial charge in [0, 0.05) is 6.42 Å². The van der Waals surface area contributed by atoms with E-state index in [9.17, 15) is 5.11 Å². The summed E-state index contributed by atoms with van der Waals surface area (Å²) in [7, 11) is 0. The third kappa shape index (κ3) is 10.8. The van der Waals surface area contributed by atoms with Crippen LogP contribution in [0, 0.1) is 0 Å². The van der Waals surface area contributed by atoms with Crippen LogP contribution in [0.25, 0.3) is 0 Å². The quantitative estimate of drug-likeness (QED) is 0.149. The standard InChI is InChI=1S/C25H49N2O/c1-3-5-6-7-8-9-10-11-12-13-14-15-16-17-18-19-20-25-26-21-22-27(25,4-2)23-24-28/h13-14,28H,3-12,15-24H2,1-2H3/q+1/b14-13+. The molecule has 1 atom stereocenters. The van der Waals surface area contributed by atoms with E-state index in [1.165, 1.54) is 95.7 Å². The predicted octanol–water partition coefficient (Wildman–Crippen LogP) is 6.66. The van der Waals surface area contributed by atoms with Crippen molar-refractivity contribution in [3.8, 4) is 0 Å². The molecule has 1 aliphatic heterocycles. The van der Waals surface area contributed by atoms with Crippen molar-refractivity contribution >= 4 is 5.84 Å². The Morgan fingerprint density at radius 2 is 1.39 bits per heavy atom. The van der Waals surface area contributed by atoms with E-state index in [1.54, 1.807) is 0 Å². The van der Waals surface area contributed by atoms with Crippen molar-refractivity contribution < 1.29 is 9.59 Å². The van der Waals surface area contributed by atoms with E-state index >= 15 is 0 Å². The van der Waals surface area contributed by atoms with Crippen molar-refractivity contribution in [2.24, 2.45) is 4.99 Å². The zero-order valence-corrected chi connectivity index (χ0v) is 19.1. The molecule has 1 N–H and O–H groups in total. The summed E-state index contributed by atoms with van der Waals surface area (Å²) in [6.45, 7) is 8.76. The van der Waals surface area contributed by atoms with Crippen LogP contribution in [0.15, 0.2) is 17.1 Å². The molecule has 1 heterocycles. The average Bonchev–Trinajstić information content (AvgIpc) is 3.11. The van der Waals surface area contributed by atoms with E-state index in [0.29, 0.717) is 0 Å². The van der Waals surface area contributed by atoms with Gasteiger partial charge in [0.2, 0.25) is 0 Å². The molecule has 0 aliphatic carbocycles. The molecule has 3 nitrogen and oxygen atoms in total. The van der Waals surface area contributed by atoms with Crippen molar-refractivity contribution in [3.05, 3.63) is 12.2 Å². The summed E-state index contributed by atoms with van der Waals surface area (Å²) < 4.78 is 0.942. The fourth-order valence-corrected chi connectivity index (χ4v) is 4.43. The molecule has 0 aromatic rings. The lowest BCUT2D eigenvalue weighted by molar-refractivity contribution is -0.835. The van der Waals surface area contributed by atoms with E-state index in [4.69, 9.17) is 4.99 Å². The average molecular weight is 394 g/mol. The fraction of sp³-hybridized carbons (Fsp3) is 0.880. The predicted molar refractivity (Wildman–Crippen MR) is 124 cm³/mol. The highest BCUT2D eigenvalue weighted by Crippen LogP contribution is 2.19. The van der Waals surface area contributed by atoms with Crippen molar-refractivity contribution in [2.75, 3.05) is 32.8 Å². The smallest absolute Gasteiger partial charge is 0.198 e. The number of hydrogen-bond acceptors (Lipinski definition) is 2. The molecule has 1 rings (SSSR count). The van der Waals surface area contributed by atoms with Gasteiger partial charge in [-0.1, -0.05) is 76.9 Å². The van der Waals surface area contributed by atoms with Crippen LogP contribution >= 0.6 is 0 Å². The van der Waals surface area contributed by atoms with Gasteiger partial charge in [0.25, 0.3) is 0 Å². The summed E-state index contributed by atoms with van der Waals surface area (Å²) in [6, 6.07) is 0. The number of amidine groups is 1. The first-order valence-corrected chi connectivity index (χ1v) is 12.4. The van der Waals surface area contributed by atoms with Crippen molar-refractivity contribution in [1.29, 1.82) is 0 Å². The Morgan fingerprint density at radius 1 is 0.821 bits per heavy atom. The maximum Gasteiger partial charge on any atom is 0.198 e. The van der Waals surface area contributed by atoms with E-state index < -0.39 is 0 Å². The molecule has 3 heteroatoms. The number of likely N-dealkylation sites (N-methyl/N-ethyl adjacent to an activating group) is 1. The molecule has 0 radical (unpaired) electrons. The van der Waals surface area contributed by atoms with E-state index in [2.05, 4.69) is 26.0 Å². The van der Waals surface area contributed by atoms with Crippen LogP contribution in [0.1, 0.15) is 110 Å². The summed E-state index contributed by atoms with van der Waals surface area (Å²) in [5, 5.41) is 9.38. The molecule has 0 aromatic heterocycles. The van der Waals surface area contributed by atoms with Crippen LogP contribution in [0.3, 0.4) is 0 Å². The van der Waals surface area contributed by atoms with E-state index in [-0.39, 0.29) is 6.61 Å². The van der Waals surface area contributed by atoms with Crippen LogP contribution in [-0.4, -0.2) is 48.2 Å². The molecule has 0 fully saturated rings. The second kappa shape index (κ2) is 17.2. The summed E-state index contributed by atoms with van der Waals surface area (Å²) in [5.74, 6) is 1.35. The molecule has 0 amide bonds. The van der Waals surface area contributed by atoms with Crippen LogP contribution in [0.2, 0.25) is 0 Å². The van der Waals surface area contributed by atoms with E-state index in [1.807, 2.05) is 0 Å². The first-order valence-electron chi connectivity index (χ1n) is 12.4. The minimum absolute atomic E-state index is 0.276. The molecule has 0 spiro atoms. The summed E-state index contributed by atoms with van der Waals surface area (Å²) in [4.78, 5) is 4.75. The minimum Gasteiger partial charge on any atom is -0.390 e. The maximum absolute atomic E-state index is 9.38. The van der Waals surface area contributed by atoms with Gasteiger partial charge in [-0.15, -0.1) is 0 Å². The van der Waals surface area contributed by atoms with Gasteiger partial charge in [-0.05, 0) is 39.0 Å². The third-order valence-corrected chi connectivity index (χ3v) is 6.42. The number of hydrogen-bond donors (Lipinski definition) is 1. The maximum atomic E-state index is 9.38. The summed E-state index contributed by atoms with van der Waals surface area (Å²) >= 11 is 0. The van der Waals surface area contributed by atoms with Gasteiger partial charge in [-0.2, -0.15) is 0 Å². The van der Waals surface area contributed by atoms with Gasteiger partial charge >= 0.3 is 0 Å². The molecule has 0 saturated carbocycles. The lowest BCUT2D eigenvalue weighted by Crippen LogP contribution is -2.52. The molecule has 164 valence electrons. The molecule has 0 saturated heterocycles. The van der Waals surface area contributed by atoms with Crippen molar-refractivity contribution in [1.82, 2.24) is 0 Å². The zero-order valence-electron chi connectivity index (χ0n) is 19.1. The molecule has 28 heavy (non-hydrogen) atoms. The number of rotatable bonds is 19. The second-order valence-corrected chi connectivity index (χ2v) is 8.62. The van der Waals surface area contributed by atoms with Crippen LogP contribution in [0.5, 0.6) is 0 Å². The Bertz CT molecular complexity index is 419. The molecular weight excluding hydrogens is 344 g/mol. The topological polar surface area (TPSA) is 32.6 Å². The number of quaternary nitrogens is 1. The Hall–Kier alpha value is -0.670. The van der Waals surface area contributed by atoms with Gasteiger partial charge in [0.05, 0.1) is 19.7 Å². The number of aliphatic imine (C=N–C) groups is 1. The lowest BCUT2D eigenvalue weighted by atomic mass is 10.1. The van der Waals surface area contributed by atoms with Crippen LogP contribution in [-0.2, 0) is 0 Å². The molecular formula is C25H49N2O+. The number of unbranched alkanes of at least 4 members (excludes halogenated alkanes) is 12. The van der Waals surface area contributed by atoms with Crippen molar-refractivity contribution in [3.63, 3.8) is 0 Å². The Kier molecular flexibility index (Phi) is 15.6. The van der Waals surface area contributed by atoms with Gasteiger partial charge < -0.3 is 5.11 Å². The van der Waals surface area contributed by atoms with Crippen molar-refractivity contribution in [2.45, 2.75) is 110 Å². The summed E-state index contributed by atoms with van der Waals surface area (Å²) in [5.41, 5.74) is 0. The molecule has 1 aliphatic rings. The van der Waals surface area contributed by atoms with Crippen LogP contribution < -0.4 is 0 Å². The monoisotopic (exact) mass is 393 g/mol. The summed E-state index contributed by atoms with van der Waals surface area (Å²) in [6.07, 6.45) is 25.0. The second-order valence-electron chi connectivity index (χ2n) is 8.62. The zero-order chi connectivity index (χ0) is 20.3. The normalized spacial score (nSPS) is 19.6. The highest BCUT2D eigenvalue weighted by molar-refractivity contribution is 5.76. The lowest BCUT2D eigenvalue weighted by Gasteiger charge is -2.33. The number of allylic oxidation sites excluding steroid dienone is 2. The fourth-order valence-electron chi connectivity index (χ4n) is 4.43. The number of nitrogens with zero attached hydrogens (tertiary/aromatic N) is 2. The first-order chi connectivity index (χ1) is 13.8. The third-order valence-electron chi connectivity index (χ3n) is 6.42. The number of aliphatic hydroxyl groups excluding tert-OH is 1. The number of aliphatic hydroxyl groups is 1. The van der Waals surface area contributed by atoms with E-state index in [0.717, 1.165) is 37.1 Å². The Morgan fingerprint density at radius 3 is 1.96 bits per heavy atom. The van der Waals surface area contributed by atoms with Crippen LogP contribution in [0.4, 0.5) is 0 Å². The largest absolute Gasteiger partial charge is 0.390 e. The minimum atomic E-state index is 0.276. The molecule has 0 bridgehead atoms. The first kappa shape index (κ1) is 25.4. The molecule has 1 unspecified atom stereocenters. The van der Waals surface area contributed by atoms with Gasteiger partial charge in [0.15, 0.2) is 5.84 Å². The Labute approximate surface area is 175 Å². The van der Waals surface area contributed by atoms with Gasteiger partial charge in [0.1, 0.15) is 13.1 Å². The van der Waals surface area contributed by atoms with Gasteiger partial charge in [-0.3, -0.25) is 4.48 Å². The Balaban J connectivity index is 1.92. The molecule has 0 aromatic carbocycles.